The standard InChI is InChI=1S/C23H25N3O2/c27-21-9-4-16-14-18(15-17-10-13-26(21)22(16)17)23(28)24-19-5-7-20(8-6-19)25-11-2-1-3-12-25/h5-8,14-15H,1-4,9-13H2,(H,24,28). The van der Waals surface area contributed by atoms with Crippen LogP contribution in [0.1, 0.15) is 47.2 Å². The molecule has 3 aliphatic rings. The van der Waals surface area contributed by atoms with Gasteiger partial charge in [-0.25, -0.2) is 0 Å². The van der Waals surface area contributed by atoms with E-state index in [1.807, 2.05) is 29.2 Å². The smallest absolute Gasteiger partial charge is 0.255 e. The Morgan fingerprint density at radius 1 is 0.857 bits per heavy atom. The second-order valence-electron chi connectivity index (χ2n) is 7.99. The van der Waals surface area contributed by atoms with E-state index in [0.717, 1.165) is 55.0 Å². The minimum absolute atomic E-state index is 0.0832. The van der Waals surface area contributed by atoms with E-state index in [1.165, 1.54) is 24.9 Å². The molecule has 5 nitrogen and oxygen atoms in total. The number of nitrogens with zero attached hydrogens (tertiary/aromatic N) is 2. The summed E-state index contributed by atoms with van der Waals surface area (Å²) in [4.78, 5) is 29.2. The monoisotopic (exact) mass is 375 g/mol. The van der Waals surface area contributed by atoms with Crippen molar-refractivity contribution in [3.63, 3.8) is 0 Å². The van der Waals surface area contributed by atoms with Gasteiger partial charge < -0.3 is 15.1 Å². The molecule has 2 amide bonds. The summed E-state index contributed by atoms with van der Waals surface area (Å²) in [5.41, 5.74) is 6.03. The molecule has 1 fully saturated rings. The molecule has 1 N–H and O–H groups in total. The van der Waals surface area contributed by atoms with Gasteiger partial charge in [0.15, 0.2) is 0 Å². The van der Waals surface area contributed by atoms with Crippen LogP contribution in [-0.2, 0) is 17.6 Å². The minimum Gasteiger partial charge on any atom is -0.372 e. The Bertz CT molecular complexity index is 930. The van der Waals surface area contributed by atoms with Gasteiger partial charge in [0.05, 0.1) is 5.69 Å². The zero-order valence-corrected chi connectivity index (χ0v) is 16.0. The lowest BCUT2D eigenvalue weighted by molar-refractivity contribution is -0.118. The van der Waals surface area contributed by atoms with E-state index < -0.39 is 0 Å². The number of carbonyl (C=O) groups excluding carboxylic acids is 2. The Morgan fingerprint density at radius 2 is 1.57 bits per heavy atom. The summed E-state index contributed by atoms with van der Waals surface area (Å²) < 4.78 is 0. The van der Waals surface area contributed by atoms with Crippen LogP contribution < -0.4 is 15.1 Å². The van der Waals surface area contributed by atoms with Crippen LogP contribution in [0.25, 0.3) is 0 Å². The lowest BCUT2D eigenvalue weighted by Gasteiger charge is -2.28. The molecule has 0 atom stereocenters. The van der Waals surface area contributed by atoms with Crippen LogP contribution in [0, 0.1) is 0 Å². The predicted octanol–water partition coefficient (Wildman–Crippen LogP) is 3.76. The Balaban J connectivity index is 1.33. The molecule has 0 saturated carbocycles. The zero-order valence-electron chi connectivity index (χ0n) is 16.0. The van der Waals surface area contributed by atoms with Crippen molar-refractivity contribution in [3.8, 4) is 0 Å². The molecule has 3 aliphatic heterocycles. The highest BCUT2D eigenvalue weighted by Gasteiger charge is 2.32. The first-order valence-electron chi connectivity index (χ1n) is 10.3. The number of aryl methyl sites for hydroxylation is 1. The molecule has 144 valence electrons. The van der Waals surface area contributed by atoms with E-state index in [0.29, 0.717) is 12.0 Å². The van der Waals surface area contributed by atoms with Gasteiger partial charge in [0.25, 0.3) is 5.91 Å². The number of hydrogen-bond acceptors (Lipinski definition) is 3. The summed E-state index contributed by atoms with van der Waals surface area (Å²) in [6.45, 7) is 2.97. The molecular formula is C23H25N3O2. The third-order valence-corrected chi connectivity index (χ3v) is 6.16. The van der Waals surface area contributed by atoms with E-state index in [4.69, 9.17) is 0 Å². The fourth-order valence-electron chi connectivity index (χ4n) is 4.70. The van der Waals surface area contributed by atoms with Crippen molar-refractivity contribution < 1.29 is 9.59 Å². The van der Waals surface area contributed by atoms with Crippen molar-refractivity contribution in [2.75, 3.05) is 34.8 Å². The summed E-state index contributed by atoms with van der Waals surface area (Å²) in [6, 6.07) is 12.1. The minimum atomic E-state index is -0.0832. The molecular weight excluding hydrogens is 350 g/mol. The molecule has 1 saturated heterocycles. The van der Waals surface area contributed by atoms with E-state index in [9.17, 15) is 9.59 Å². The number of amides is 2. The lowest BCUT2D eigenvalue weighted by atomic mass is 9.96. The maximum Gasteiger partial charge on any atom is 0.255 e. The largest absolute Gasteiger partial charge is 0.372 e. The van der Waals surface area contributed by atoms with Crippen molar-refractivity contribution in [3.05, 3.63) is 53.1 Å². The van der Waals surface area contributed by atoms with Gasteiger partial charge in [-0.1, -0.05) is 0 Å². The van der Waals surface area contributed by atoms with E-state index >= 15 is 0 Å². The molecule has 0 aromatic heterocycles. The van der Waals surface area contributed by atoms with Gasteiger partial charge in [-0.05, 0) is 79.6 Å². The first-order valence-corrected chi connectivity index (χ1v) is 10.3. The summed E-state index contributed by atoms with van der Waals surface area (Å²) >= 11 is 0. The number of benzene rings is 2. The van der Waals surface area contributed by atoms with Crippen LogP contribution in [-0.4, -0.2) is 31.4 Å². The fraction of sp³-hybridized carbons (Fsp3) is 0.391. The molecule has 3 heterocycles. The molecule has 5 heteroatoms. The summed E-state index contributed by atoms with van der Waals surface area (Å²) in [5.74, 6) is 0.123. The number of piperidine rings is 1. The zero-order chi connectivity index (χ0) is 19.1. The predicted molar refractivity (Wildman–Crippen MR) is 111 cm³/mol. The Labute approximate surface area is 165 Å². The molecule has 28 heavy (non-hydrogen) atoms. The first-order chi connectivity index (χ1) is 13.7. The highest BCUT2D eigenvalue weighted by Crippen LogP contribution is 2.37. The van der Waals surface area contributed by atoms with E-state index in [2.05, 4.69) is 22.3 Å². The molecule has 0 radical (unpaired) electrons. The van der Waals surface area contributed by atoms with Crippen LogP contribution in [0.15, 0.2) is 36.4 Å². The highest BCUT2D eigenvalue weighted by molar-refractivity contribution is 6.06. The average Bonchev–Trinajstić information content (AvgIpc) is 3.17. The Morgan fingerprint density at radius 3 is 2.32 bits per heavy atom. The maximum absolute atomic E-state index is 12.8. The third-order valence-electron chi connectivity index (χ3n) is 6.16. The first kappa shape index (κ1) is 17.3. The van der Waals surface area contributed by atoms with Gasteiger partial charge in [-0.3, -0.25) is 9.59 Å². The van der Waals surface area contributed by atoms with Crippen molar-refractivity contribution in [1.29, 1.82) is 0 Å². The van der Waals surface area contributed by atoms with Gasteiger partial charge in [-0.2, -0.15) is 0 Å². The molecule has 2 aromatic carbocycles. The quantitative estimate of drug-likeness (QED) is 0.889. The fourth-order valence-corrected chi connectivity index (χ4v) is 4.70. The van der Waals surface area contributed by atoms with Crippen molar-refractivity contribution in [1.82, 2.24) is 0 Å². The number of hydrogen-bond donors (Lipinski definition) is 1. The molecule has 2 aromatic rings. The van der Waals surface area contributed by atoms with Gasteiger partial charge in [0.1, 0.15) is 0 Å². The van der Waals surface area contributed by atoms with Crippen LogP contribution in [0.3, 0.4) is 0 Å². The second-order valence-corrected chi connectivity index (χ2v) is 7.99. The molecule has 0 aliphatic carbocycles. The topological polar surface area (TPSA) is 52.7 Å². The van der Waals surface area contributed by atoms with Gasteiger partial charge in [-0.15, -0.1) is 0 Å². The van der Waals surface area contributed by atoms with Gasteiger partial charge in [0, 0.05) is 43.0 Å². The normalized spacial score (nSPS) is 18.2. The molecule has 0 spiro atoms. The highest BCUT2D eigenvalue weighted by atomic mass is 16.2. The average molecular weight is 375 g/mol. The molecule has 5 rings (SSSR count). The molecule has 0 bridgehead atoms. The van der Waals surface area contributed by atoms with Crippen LogP contribution in [0.4, 0.5) is 17.1 Å². The Hall–Kier alpha value is -2.82. The summed E-state index contributed by atoms with van der Waals surface area (Å²) in [7, 11) is 0. The summed E-state index contributed by atoms with van der Waals surface area (Å²) in [5, 5.41) is 3.03. The number of carbonyl (C=O) groups is 2. The van der Waals surface area contributed by atoms with Crippen molar-refractivity contribution in [2.45, 2.75) is 38.5 Å². The number of anilines is 3. The third kappa shape index (κ3) is 3.05. The molecule has 0 unspecified atom stereocenters. The maximum atomic E-state index is 12.8. The van der Waals surface area contributed by atoms with E-state index in [-0.39, 0.29) is 11.8 Å². The number of nitrogens with one attached hydrogen (secondary N) is 1. The summed E-state index contributed by atoms with van der Waals surface area (Å²) in [6.07, 6.45) is 5.92. The number of rotatable bonds is 3. The van der Waals surface area contributed by atoms with Gasteiger partial charge in [0.2, 0.25) is 5.91 Å². The van der Waals surface area contributed by atoms with Crippen LogP contribution >= 0.6 is 0 Å². The van der Waals surface area contributed by atoms with Crippen molar-refractivity contribution in [2.24, 2.45) is 0 Å². The van der Waals surface area contributed by atoms with Crippen molar-refractivity contribution >= 4 is 28.9 Å². The van der Waals surface area contributed by atoms with Gasteiger partial charge >= 0.3 is 0 Å². The lowest BCUT2D eigenvalue weighted by Crippen LogP contribution is -2.33. The SMILES string of the molecule is O=C(Nc1ccc(N2CCCCC2)cc1)c1cc2c3c(c1)CCN3C(=O)CC2. The Kier molecular flexibility index (Phi) is 4.30. The second kappa shape index (κ2) is 6.97. The van der Waals surface area contributed by atoms with Crippen LogP contribution in [0.5, 0.6) is 0 Å². The van der Waals surface area contributed by atoms with Crippen LogP contribution in [0.2, 0.25) is 0 Å². The van der Waals surface area contributed by atoms with E-state index in [1.54, 1.807) is 0 Å².